The van der Waals surface area contributed by atoms with Crippen molar-refractivity contribution in [1.29, 1.82) is 0 Å². The van der Waals surface area contributed by atoms with Crippen LogP contribution >= 0.6 is 15.3 Å². The van der Waals surface area contributed by atoms with E-state index in [1.165, 1.54) is 0 Å². The Morgan fingerprint density at radius 3 is 2.20 bits per heavy atom. The standard InChI is InChI=1S/CH4OPS.Tl/c1-3(2)4;/h2H,1H3;/q-1;+1. The van der Waals surface area contributed by atoms with Gasteiger partial charge in [0.1, 0.15) is 0 Å². The zero-order valence-corrected chi connectivity index (χ0v) is 9.08. The van der Waals surface area contributed by atoms with Crippen LogP contribution in [0.1, 0.15) is 0 Å². The summed E-state index contributed by atoms with van der Waals surface area (Å²) in [6.45, 7) is 1.85. The van der Waals surface area contributed by atoms with Gasteiger partial charge in [0.05, 0.1) is 0 Å². The molecule has 0 aromatic rings. The molecule has 1 atom stereocenters. The molecule has 0 fully saturated rings. The van der Waals surface area contributed by atoms with Crippen molar-refractivity contribution in [1.82, 2.24) is 0 Å². The molecule has 4 heteroatoms. The first kappa shape index (κ1) is 6.66. The fourth-order valence-corrected chi connectivity index (χ4v) is 0. The molecular weight excluding hydrogens is 295 g/mol. The maximum absolute atomic E-state index is 8.43. The molecule has 1 N–H and O–H groups in total. The molecule has 1 nitrogen and oxygen atoms in total. The molecule has 0 bridgehead atoms. The zero-order valence-electron chi connectivity index (χ0n) is 2.88. The van der Waals surface area contributed by atoms with Crippen LogP contribution < -0.4 is 0 Å². The molecule has 0 aliphatic rings. The van der Waals surface area contributed by atoms with Crippen molar-refractivity contribution in [3.05, 3.63) is 0 Å². The Labute approximate surface area is 51.0 Å². The molecule has 0 aliphatic carbocycles. The van der Waals surface area contributed by atoms with E-state index in [2.05, 4.69) is 0 Å². The van der Waals surface area contributed by atoms with E-state index in [0.717, 1.165) is 24.3 Å². The predicted octanol–water partition coefficient (Wildman–Crippen LogP) is 0.737. The van der Waals surface area contributed by atoms with Crippen molar-refractivity contribution in [2.45, 2.75) is 0 Å². The second-order valence-corrected chi connectivity index (χ2v) is 11.3. The Kier molecular flexibility index (Phi) is 5.11. The van der Waals surface area contributed by atoms with Crippen molar-refractivity contribution in [3.8, 4) is 0 Å². The SMILES string of the molecule is CP(O)[S][Tl]. The van der Waals surface area contributed by atoms with E-state index in [0.29, 0.717) is 0 Å². The van der Waals surface area contributed by atoms with Gasteiger partial charge in [0, 0.05) is 0 Å². The Bertz CT molecular complexity index is 25.6. The fourth-order valence-electron chi connectivity index (χ4n) is 0. The van der Waals surface area contributed by atoms with E-state index in [1.807, 2.05) is 6.66 Å². The van der Waals surface area contributed by atoms with Crippen LogP contribution in [-0.4, -0.2) is 35.8 Å². The first-order valence-corrected chi connectivity index (χ1v) is 9.79. The second-order valence-electron chi connectivity index (χ2n) is 0.570. The average molecular weight is 299 g/mol. The van der Waals surface area contributed by atoms with Gasteiger partial charge < -0.3 is 0 Å². The van der Waals surface area contributed by atoms with Crippen LogP contribution in [0.15, 0.2) is 0 Å². The van der Waals surface area contributed by atoms with Gasteiger partial charge in [-0.05, 0) is 0 Å². The molecule has 0 saturated heterocycles. The van der Waals surface area contributed by atoms with Gasteiger partial charge in [-0.1, -0.05) is 0 Å². The molecular formula is CH4OPSTl. The van der Waals surface area contributed by atoms with Crippen molar-refractivity contribution < 1.29 is 4.89 Å². The third-order valence-electron chi connectivity index (χ3n) is 0.153. The first-order chi connectivity index (χ1) is 2.27. The van der Waals surface area contributed by atoms with Crippen LogP contribution in [0.4, 0.5) is 0 Å². The van der Waals surface area contributed by atoms with Crippen LogP contribution in [0.5, 0.6) is 0 Å². The summed E-state index contributed by atoms with van der Waals surface area (Å²) in [6, 6.07) is 0. The molecule has 5 heavy (non-hydrogen) atoms. The molecule has 1 unspecified atom stereocenters. The summed E-state index contributed by atoms with van der Waals surface area (Å²) in [5, 5.41) is 0. The fraction of sp³-hybridized carbons (Fsp3) is 1.00. The van der Waals surface area contributed by atoms with Crippen molar-refractivity contribution in [3.63, 3.8) is 0 Å². The van der Waals surface area contributed by atoms with Crippen LogP contribution in [0, 0.1) is 0 Å². The molecule has 0 aromatic heterocycles. The Morgan fingerprint density at radius 2 is 2.20 bits per heavy atom. The Hall–Kier alpha value is 1.66. The van der Waals surface area contributed by atoms with Gasteiger partial charge in [-0.15, -0.1) is 0 Å². The summed E-state index contributed by atoms with van der Waals surface area (Å²) in [5.41, 5.74) is 0. The Balaban J connectivity index is 2.54. The minimum atomic E-state index is -0.608. The summed E-state index contributed by atoms with van der Waals surface area (Å²) < 4.78 is 0. The van der Waals surface area contributed by atoms with Crippen molar-refractivity contribution in [2.75, 3.05) is 6.66 Å². The molecule has 0 saturated carbocycles. The quantitative estimate of drug-likeness (QED) is 0.569. The molecule has 0 aliphatic heterocycles. The summed E-state index contributed by atoms with van der Waals surface area (Å²) in [5.74, 6) is 0. The number of hydrogen-bond acceptors (Lipinski definition) is 2. The van der Waals surface area contributed by atoms with E-state index >= 15 is 0 Å². The molecule has 0 radical (unpaired) electrons. The summed E-state index contributed by atoms with van der Waals surface area (Å²) in [7, 11) is 1.06. The molecule has 0 amide bonds. The van der Waals surface area contributed by atoms with Gasteiger partial charge >= 0.3 is 51.1 Å². The molecule has 28 valence electrons. The molecule has 0 rings (SSSR count). The Morgan fingerprint density at radius 1 is 2.00 bits per heavy atom. The van der Waals surface area contributed by atoms with Crippen molar-refractivity contribution in [2.24, 2.45) is 0 Å². The zero-order chi connectivity index (χ0) is 4.28. The van der Waals surface area contributed by atoms with Gasteiger partial charge in [0.15, 0.2) is 0 Å². The molecule has 0 aromatic carbocycles. The van der Waals surface area contributed by atoms with Gasteiger partial charge in [-0.3, -0.25) is 0 Å². The van der Waals surface area contributed by atoms with Gasteiger partial charge in [-0.2, -0.15) is 0 Å². The van der Waals surface area contributed by atoms with E-state index in [1.54, 1.807) is 7.93 Å². The first-order valence-electron chi connectivity index (χ1n) is 1.07. The average Bonchev–Trinajstić information content (AvgIpc) is 1.38. The van der Waals surface area contributed by atoms with Gasteiger partial charge in [0.25, 0.3) is 0 Å². The van der Waals surface area contributed by atoms with E-state index in [4.69, 9.17) is 4.89 Å². The van der Waals surface area contributed by atoms with Gasteiger partial charge in [0.2, 0.25) is 0 Å². The minimum absolute atomic E-state index is 0.608. The van der Waals surface area contributed by atoms with Crippen molar-refractivity contribution >= 4 is 39.5 Å². The topological polar surface area (TPSA) is 20.2 Å². The maximum atomic E-state index is 8.43. The van der Waals surface area contributed by atoms with E-state index in [9.17, 15) is 0 Å². The molecule has 0 heterocycles. The third kappa shape index (κ3) is 5.66. The van der Waals surface area contributed by atoms with Crippen LogP contribution in [0.2, 0.25) is 0 Å². The number of hydrogen-bond donors (Lipinski definition) is 1. The van der Waals surface area contributed by atoms with Crippen LogP contribution in [-0.2, 0) is 0 Å². The number of rotatable bonds is 1. The van der Waals surface area contributed by atoms with E-state index in [-0.39, 0.29) is 0 Å². The summed E-state index contributed by atoms with van der Waals surface area (Å²) in [4.78, 5) is 8.43. The van der Waals surface area contributed by atoms with Crippen LogP contribution in [0.3, 0.4) is 0 Å². The second kappa shape index (κ2) is 3.84. The predicted molar refractivity (Wildman–Crippen MR) is 28.4 cm³/mol. The third-order valence-corrected chi connectivity index (χ3v) is 12.0. The summed E-state index contributed by atoms with van der Waals surface area (Å²) >= 11 is 0.904. The normalized spacial score (nSPS) is 14.6. The molecule has 0 spiro atoms. The van der Waals surface area contributed by atoms with E-state index < -0.39 is 7.35 Å². The summed E-state index contributed by atoms with van der Waals surface area (Å²) in [6.07, 6.45) is 0. The van der Waals surface area contributed by atoms with Crippen LogP contribution in [0.25, 0.3) is 0 Å². The van der Waals surface area contributed by atoms with Gasteiger partial charge in [-0.25, -0.2) is 0 Å². The monoisotopic (exact) mass is 300 g/mol.